The molecule has 0 atom stereocenters. The Hall–Kier alpha value is -2.76. The van der Waals surface area contributed by atoms with E-state index in [9.17, 15) is 9.18 Å². The molecule has 0 aliphatic rings. The SMILES string of the molecule is Cc1cc(N)n(C(=O)c2ccc3cc(F)ccc3n2)n1. The predicted molar refractivity (Wildman–Crippen MR) is 72.8 cm³/mol. The minimum Gasteiger partial charge on any atom is -0.383 e. The Balaban J connectivity index is 2.08. The monoisotopic (exact) mass is 270 g/mol. The Morgan fingerprint density at radius 3 is 2.75 bits per heavy atom. The summed E-state index contributed by atoms with van der Waals surface area (Å²) in [6.45, 7) is 1.75. The minimum atomic E-state index is -0.415. The van der Waals surface area contributed by atoms with Gasteiger partial charge in [-0.1, -0.05) is 6.07 Å². The molecule has 2 aromatic heterocycles. The lowest BCUT2D eigenvalue weighted by atomic mass is 10.2. The molecule has 3 rings (SSSR count). The number of anilines is 1. The van der Waals surface area contributed by atoms with Crippen LogP contribution in [0.1, 0.15) is 16.2 Å². The topological polar surface area (TPSA) is 73.8 Å². The number of carbonyl (C=O) groups is 1. The van der Waals surface area contributed by atoms with Crippen molar-refractivity contribution in [3.63, 3.8) is 0 Å². The van der Waals surface area contributed by atoms with Crippen molar-refractivity contribution >= 4 is 22.6 Å². The zero-order valence-electron chi connectivity index (χ0n) is 10.7. The maximum atomic E-state index is 13.1. The molecular weight excluding hydrogens is 259 g/mol. The lowest BCUT2D eigenvalue weighted by molar-refractivity contribution is 0.0943. The molecule has 3 aromatic rings. The number of pyridine rings is 1. The number of fused-ring (bicyclic) bond motifs is 1. The Labute approximate surface area is 113 Å². The van der Waals surface area contributed by atoms with Gasteiger partial charge in [0.2, 0.25) is 0 Å². The van der Waals surface area contributed by atoms with E-state index in [-0.39, 0.29) is 17.3 Å². The lowest BCUT2D eigenvalue weighted by Crippen LogP contribution is -2.17. The van der Waals surface area contributed by atoms with Gasteiger partial charge in [0.05, 0.1) is 11.2 Å². The number of halogens is 1. The highest BCUT2D eigenvalue weighted by molar-refractivity contribution is 5.97. The Morgan fingerprint density at radius 2 is 2.05 bits per heavy atom. The van der Waals surface area contributed by atoms with Gasteiger partial charge in [0.25, 0.3) is 5.91 Å². The van der Waals surface area contributed by atoms with Crippen molar-refractivity contribution in [1.29, 1.82) is 0 Å². The Kier molecular flexibility index (Phi) is 2.71. The van der Waals surface area contributed by atoms with E-state index in [0.717, 1.165) is 4.68 Å². The third-order valence-corrected chi connectivity index (χ3v) is 2.92. The van der Waals surface area contributed by atoms with Gasteiger partial charge in [0, 0.05) is 11.5 Å². The molecule has 0 aliphatic heterocycles. The second-order valence-electron chi connectivity index (χ2n) is 4.46. The average Bonchev–Trinajstić information content (AvgIpc) is 2.76. The van der Waals surface area contributed by atoms with Crippen LogP contribution in [0.3, 0.4) is 0 Å². The summed E-state index contributed by atoms with van der Waals surface area (Å²) in [7, 11) is 0. The van der Waals surface area contributed by atoms with E-state index in [1.165, 1.54) is 24.3 Å². The zero-order valence-corrected chi connectivity index (χ0v) is 10.7. The number of hydrogen-bond donors (Lipinski definition) is 1. The first-order valence-corrected chi connectivity index (χ1v) is 5.98. The van der Waals surface area contributed by atoms with E-state index in [4.69, 9.17) is 5.73 Å². The van der Waals surface area contributed by atoms with Crippen LogP contribution in [0.2, 0.25) is 0 Å². The highest BCUT2D eigenvalue weighted by Crippen LogP contribution is 2.15. The van der Waals surface area contributed by atoms with Gasteiger partial charge in [0.1, 0.15) is 17.3 Å². The van der Waals surface area contributed by atoms with E-state index in [2.05, 4.69) is 10.1 Å². The lowest BCUT2D eigenvalue weighted by Gasteiger charge is -2.04. The van der Waals surface area contributed by atoms with Crippen LogP contribution in [0.5, 0.6) is 0 Å². The van der Waals surface area contributed by atoms with E-state index >= 15 is 0 Å². The summed E-state index contributed by atoms with van der Waals surface area (Å²) in [5.74, 6) is -0.499. The van der Waals surface area contributed by atoms with Crippen LogP contribution in [0, 0.1) is 12.7 Å². The van der Waals surface area contributed by atoms with Crippen molar-refractivity contribution in [1.82, 2.24) is 14.8 Å². The molecule has 0 unspecified atom stereocenters. The molecule has 0 bridgehead atoms. The number of benzene rings is 1. The van der Waals surface area contributed by atoms with Crippen molar-refractivity contribution in [2.75, 3.05) is 5.73 Å². The van der Waals surface area contributed by atoms with Gasteiger partial charge in [-0.2, -0.15) is 9.78 Å². The number of nitrogens with zero attached hydrogens (tertiary/aromatic N) is 3. The fourth-order valence-corrected chi connectivity index (χ4v) is 2.01. The van der Waals surface area contributed by atoms with Crippen LogP contribution in [-0.4, -0.2) is 20.7 Å². The molecular formula is C14H11FN4O. The summed E-state index contributed by atoms with van der Waals surface area (Å²) >= 11 is 0. The summed E-state index contributed by atoms with van der Waals surface area (Å²) in [6.07, 6.45) is 0. The number of aryl methyl sites for hydroxylation is 1. The number of aromatic nitrogens is 3. The predicted octanol–water partition coefficient (Wildman–Crippen LogP) is 2.15. The molecule has 0 radical (unpaired) electrons. The van der Waals surface area contributed by atoms with Crippen molar-refractivity contribution in [2.45, 2.75) is 6.92 Å². The first-order valence-electron chi connectivity index (χ1n) is 5.98. The molecule has 2 N–H and O–H groups in total. The Bertz CT molecular complexity index is 825. The summed E-state index contributed by atoms with van der Waals surface area (Å²) in [5, 5.41) is 4.65. The van der Waals surface area contributed by atoms with Crippen molar-refractivity contribution in [2.24, 2.45) is 0 Å². The van der Waals surface area contributed by atoms with Gasteiger partial charge in [-0.15, -0.1) is 0 Å². The number of nitrogen functional groups attached to an aromatic ring is 1. The first-order chi connectivity index (χ1) is 9.54. The van der Waals surface area contributed by atoms with Gasteiger partial charge < -0.3 is 5.73 Å². The van der Waals surface area contributed by atoms with Crippen LogP contribution >= 0.6 is 0 Å². The average molecular weight is 270 g/mol. The van der Waals surface area contributed by atoms with Crippen LogP contribution in [0.4, 0.5) is 10.2 Å². The van der Waals surface area contributed by atoms with E-state index < -0.39 is 5.91 Å². The number of hydrogen-bond acceptors (Lipinski definition) is 4. The molecule has 0 aliphatic carbocycles. The maximum absolute atomic E-state index is 13.1. The van der Waals surface area contributed by atoms with Crippen LogP contribution < -0.4 is 5.73 Å². The third-order valence-electron chi connectivity index (χ3n) is 2.92. The molecule has 100 valence electrons. The fourth-order valence-electron chi connectivity index (χ4n) is 2.01. The molecule has 0 amide bonds. The molecule has 2 heterocycles. The number of rotatable bonds is 1. The molecule has 5 nitrogen and oxygen atoms in total. The molecule has 0 saturated heterocycles. The normalized spacial score (nSPS) is 10.9. The quantitative estimate of drug-likeness (QED) is 0.735. The maximum Gasteiger partial charge on any atom is 0.298 e. The molecule has 20 heavy (non-hydrogen) atoms. The standard InChI is InChI=1S/C14H11FN4O/c1-8-6-13(16)19(18-8)14(20)12-4-2-9-7-10(15)3-5-11(9)17-12/h2-7H,16H2,1H3. The van der Waals surface area contributed by atoms with Crippen LogP contribution in [0.25, 0.3) is 10.9 Å². The third kappa shape index (κ3) is 2.01. The van der Waals surface area contributed by atoms with Crippen molar-refractivity contribution < 1.29 is 9.18 Å². The number of nitrogens with two attached hydrogens (primary N) is 1. The minimum absolute atomic E-state index is 0.207. The molecule has 0 spiro atoms. The van der Waals surface area contributed by atoms with Crippen LogP contribution in [0.15, 0.2) is 36.4 Å². The summed E-state index contributed by atoms with van der Waals surface area (Å²) in [6, 6.07) is 8.97. The van der Waals surface area contributed by atoms with E-state index in [0.29, 0.717) is 16.6 Å². The van der Waals surface area contributed by atoms with E-state index in [1.54, 1.807) is 19.1 Å². The Morgan fingerprint density at radius 1 is 1.25 bits per heavy atom. The summed E-state index contributed by atoms with van der Waals surface area (Å²) < 4.78 is 14.2. The summed E-state index contributed by atoms with van der Waals surface area (Å²) in [4.78, 5) is 16.5. The van der Waals surface area contributed by atoms with Gasteiger partial charge in [0.15, 0.2) is 0 Å². The fraction of sp³-hybridized carbons (Fsp3) is 0.0714. The molecule has 0 saturated carbocycles. The second kappa shape index (κ2) is 4.41. The van der Waals surface area contributed by atoms with E-state index in [1.807, 2.05) is 0 Å². The van der Waals surface area contributed by atoms with Gasteiger partial charge >= 0.3 is 0 Å². The largest absolute Gasteiger partial charge is 0.383 e. The molecule has 0 fully saturated rings. The molecule has 6 heteroatoms. The first kappa shape index (κ1) is 12.3. The summed E-state index contributed by atoms with van der Waals surface area (Å²) in [5.41, 5.74) is 7.11. The zero-order chi connectivity index (χ0) is 14.3. The van der Waals surface area contributed by atoms with Gasteiger partial charge in [-0.05, 0) is 31.2 Å². The van der Waals surface area contributed by atoms with Crippen molar-refractivity contribution in [3.8, 4) is 0 Å². The van der Waals surface area contributed by atoms with Crippen LogP contribution in [-0.2, 0) is 0 Å². The number of carbonyl (C=O) groups excluding carboxylic acids is 1. The smallest absolute Gasteiger partial charge is 0.298 e. The van der Waals surface area contributed by atoms with Crippen molar-refractivity contribution in [3.05, 3.63) is 53.6 Å². The highest BCUT2D eigenvalue weighted by atomic mass is 19.1. The highest BCUT2D eigenvalue weighted by Gasteiger charge is 2.15. The van der Waals surface area contributed by atoms with Gasteiger partial charge in [-0.25, -0.2) is 9.37 Å². The van der Waals surface area contributed by atoms with Gasteiger partial charge in [-0.3, -0.25) is 4.79 Å². The second-order valence-corrected chi connectivity index (χ2v) is 4.46. The molecule has 1 aromatic carbocycles.